The van der Waals surface area contributed by atoms with Gasteiger partial charge in [0.15, 0.2) is 0 Å². The molecule has 0 unspecified atom stereocenters. The minimum Gasteiger partial charge on any atom is -0.368 e. The van der Waals surface area contributed by atoms with Crippen molar-refractivity contribution in [1.29, 1.82) is 5.26 Å². The first-order valence-corrected chi connectivity index (χ1v) is 8.44. The van der Waals surface area contributed by atoms with Crippen molar-refractivity contribution < 1.29 is 4.79 Å². The fraction of sp³-hybridized carbons (Fsp3) is 0.316. The van der Waals surface area contributed by atoms with E-state index in [9.17, 15) is 4.79 Å². The van der Waals surface area contributed by atoms with Crippen LogP contribution in [0.25, 0.3) is 0 Å². The Kier molecular flexibility index (Phi) is 5.47. The van der Waals surface area contributed by atoms with E-state index >= 15 is 0 Å². The molecule has 1 amide bonds. The molecule has 25 heavy (non-hydrogen) atoms. The van der Waals surface area contributed by atoms with Gasteiger partial charge in [0.1, 0.15) is 11.9 Å². The quantitative estimate of drug-likeness (QED) is 0.906. The van der Waals surface area contributed by atoms with E-state index in [1.165, 1.54) is 5.69 Å². The third kappa shape index (κ3) is 4.27. The lowest BCUT2D eigenvalue weighted by Crippen LogP contribution is -2.49. The maximum absolute atomic E-state index is 12.4. The standard InChI is InChI=1S/C19H21N5O/c20-15-16-5-4-9-21-19(16)22-10-8-18(25)24-13-11-23(12-14-24)17-6-2-1-3-7-17/h1-7,9H,8,10-14H2,(H,21,22). The molecule has 3 rings (SSSR count). The minimum absolute atomic E-state index is 0.134. The number of anilines is 2. The van der Waals surface area contributed by atoms with Crippen LogP contribution in [0.15, 0.2) is 48.7 Å². The highest BCUT2D eigenvalue weighted by Gasteiger charge is 2.20. The lowest BCUT2D eigenvalue weighted by Gasteiger charge is -2.36. The Morgan fingerprint density at radius 2 is 1.88 bits per heavy atom. The topological polar surface area (TPSA) is 72.3 Å². The van der Waals surface area contributed by atoms with Crippen LogP contribution in [0.2, 0.25) is 0 Å². The number of nitriles is 1. The van der Waals surface area contributed by atoms with Crippen LogP contribution in [0.5, 0.6) is 0 Å². The zero-order chi connectivity index (χ0) is 17.5. The largest absolute Gasteiger partial charge is 0.368 e. The number of aromatic nitrogens is 1. The summed E-state index contributed by atoms with van der Waals surface area (Å²) >= 11 is 0. The van der Waals surface area contributed by atoms with Crippen LogP contribution >= 0.6 is 0 Å². The molecular formula is C19H21N5O. The van der Waals surface area contributed by atoms with E-state index in [4.69, 9.17) is 5.26 Å². The molecule has 2 aromatic rings. The number of para-hydroxylation sites is 1. The second-order valence-electron chi connectivity index (χ2n) is 5.89. The Bertz CT molecular complexity index is 748. The predicted molar refractivity (Wildman–Crippen MR) is 97.3 cm³/mol. The first-order chi connectivity index (χ1) is 12.3. The molecule has 1 aliphatic heterocycles. The van der Waals surface area contributed by atoms with Crippen molar-refractivity contribution in [1.82, 2.24) is 9.88 Å². The number of piperazine rings is 1. The monoisotopic (exact) mass is 335 g/mol. The lowest BCUT2D eigenvalue weighted by atomic mass is 10.2. The van der Waals surface area contributed by atoms with Crippen molar-refractivity contribution in [2.45, 2.75) is 6.42 Å². The smallest absolute Gasteiger partial charge is 0.224 e. The molecule has 2 heterocycles. The van der Waals surface area contributed by atoms with Crippen LogP contribution in [-0.2, 0) is 4.79 Å². The second-order valence-corrected chi connectivity index (χ2v) is 5.89. The summed E-state index contributed by atoms with van der Waals surface area (Å²) in [5, 5.41) is 12.1. The summed E-state index contributed by atoms with van der Waals surface area (Å²) in [6.07, 6.45) is 2.03. The molecule has 1 N–H and O–H groups in total. The van der Waals surface area contributed by atoms with Gasteiger partial charge in [-0.2, -0.15) is 5.26 Å². The fourth-order valence-electron chi connectivity index (χ4n) is 2.94. The van der Waals surface area contributed by atoms with Crippen molar-refractivity contribution in [3.63, 3.8) is 0 Å². The molecule has 1 saturated heterocycles. The summed E-state index contributed by atoms with van der Waals surface area (Å²) in [6, 6.07) is 15.8. The van der Waals surface area contributed by atoms with Crippen LogP contribution < -0.4 is 10.2 Å². The number of amides is 1. The third-order valence-corrected chi connectivity index (χ3v) is 4.31. The van der Waals surface area contributed by atoms with E-state index in [-0.39, 0.29) is 5.91 Å². The molecule has 0 spiro atoms. The predicted octanol–water partition coefficient (Wildman–Crippen LogP) is 2.10. The van der Waals surface area contributed by atoms with Crippen LogP contribution in [0.4, 0.5) is 11.5 Å². The average molecular weight is 335 g/mol. The molecule has 1 fully saturated rings. The van der Waals surface area contributed by atoms with Gasteiger partial charge in [-0.15, -0.1) is 0 Å². The van der Waals surface area contributed by atoms with Crippen molar-refractivity contribution in [3.05, 3.63) is 54.2 Å². The van der Waals surface area contributed by atoms with Crippen LogP contribution in [0.1, 0.15) is 12.0 Å². The summed E-state index contributed by atoms with van der Waals surface area (Å²) in [4.78, 5) is 20.7. The molecule has 6 nitrogen and oxygen atoms in total. The Morgan fingerprint density at radius 1 is 1.12 bits per heavy atom. The molecule has 0 atom stereocenters. The van der Waals surface area contributed by atoms with E-state index in [0.29, 0.717) is 24.3 Å². The Hall–Kier alpha value is -3.07. The Morgan fingerprint density at radius 3 is 2.60 bits per heavy atom. The number of hydrogen-bond acceptors (Lipinski definition) is 5. The zero-order valence-corrected chi connectivity index (χ0v) is 14.1. The van der Waals surface area contributed by atoms with Gasteiger partial charge in [-0.05, 0) is 24.3 Å². The summed E-state index contributed by atoms with van der Waals surface area (Å²) < 4.78 is 0. The summed E-state index contributed by atoms with van der Waals surface area (Å²) in [5.41, 5.74) is 1.70. The Balaban J connectivity index is 1.45. The highest BCUT2D eigenvalue weighted by atomic mass is 16.2. The molecule has 6 heteroatoms. The van der Waals surface area contributed by atoms with Gasteiger partial charge in [-0.3, -0.25) is 4.79 Å². The zero-order valence-electron chi connectivity index (χ0n) is 14.1. The molecule has 1 aliphatic rings. The van der Waals surface area contributed by atoms with Crippen molar-refractivity contribution in [3.8, 4) is 6.07 Å². The van der Waals surface area contributed by atoms with Gasteiger partial charge in [-0.1, -0.05) is 18.2 Å². The van der Waals surface area contributed by atoms with Gasteiger partial charge in [-0.25, -0.2) is 4.98 Å². The molecule has 128 valence electrons. The Labute approximate surface area is 147 Å². The van der Waals surface area contributed by atoms with E-state index in [1.54, 1.807) is 18.3 Å². The summed E-state index contributed by atoms with van der Waals surface area (Å²) in [5.74, 6) is 0.668. The summed E-state index contributed by atoms with van der Waals surface area (Å²) in [6.45, 7) is 3.65. The second kappa shape index (κ2) is 8.15. The van der Waals surface area contributed by atoms with Gasteiger partial charge in [0.25, 0.3) is 0 Å². The SMILES string of the molecule is N#Cc1cccnc1NCCC(=O)N1CCN(c2ccccc2)CC1. The lowest BCUT2D eigenvalue weighted by molar-refractivity contribution is -0.131. The highest BCUT2D eigenvalue weighted by Crippen LogP contribution is 2.16. The maximum Gasteiger partial charge on any atom is 0.224 e. The summed E-state index contributed by atoms with van der Waals surface area (Å²) in [7, 11) is 0. The van der Waals surface area contributed by atoms with Crippen LogP contribution in [-0.4, -0.2) is 48.5 Å². The number of nitrogens with zero attached hydrogens (tertiary/aromatic N) is 4. The van der Waals surface area contributed by atoms with E-state index in [0.717, 1.165) is 26.2 Å². The van der Waals surface area contributed by atoms with E-state index in [1.807, 2.05) is 23.1 Å². The molecular weight excluding hydrogens is 314 g/mol. The highest BCUT2D eigenvalue weighted by molar-refractivity contribution is 5.77. The number of hydrogen-bond donors (Lipinski definition) is 1. The van der Waals surface area contributed by atoms with Gasteiger partial charge in [0, 0.05) is 51.0 Å². The molecule has 1 aromatic carbocycles. The van der Waals surface area contributed by atoms with Crippen molar-refractivity contribution in [2.75, 3.05) is 42.9 Å². The van der Waals surface area contributed by atoms with Crippen LogP contribution in [0.3, 0.4) is 0 Å². The van der Waals surface area contributed by atoms with Crippen molar-refractivity contribution >= 4 is 17.4 Å². The van der Waals surface area contributed by atoms with Gasteiger partial charge in [0.2, 0.25) is 5.91 Å². The van der Waals surface area contributed by atoms with Gasteiger partial charge >= 0.3 is 0 Å². The number of rotatable bonds is 5. The number of pyridine rings is 1. The first kappa shape index (κ1) is 16.8. The average Bonchev–Trinajstić information content (AvgIpc) is 2.69. The maximum atomic E-state index is 12.4. The van der Waals surface area contributed by atoms with Gasteiger partial charge < -0.3 is 15.1 Å². The number of carbonyl (C=O) groups excluding carboxylic acids is 1. The van der Waals surface area contributed by atoms with E-state index < -0.39 is 0 Å². The van der Waals surface area contributed by atoms with Crippen molar-refractivity contribution in [2.24, 2.45) is 0 Å². The molecule has 1 aromatic heterocycles. The molecule has 0 bridgehead atoms. The molecule has 0 aliphatic carbocycles. The normalized spacial score (nSPS) is 14.0. The minimum atomic E-state index is 0.134. The van der Waals surface area contributed by atoms with Crippen LogP contribution in [0, 0.1) is 11.3 Å². The number of benzene rings is 1. The molecule has 0 saturated carbocycles. The number of nitrogens with one attached hydrogen (secondary N) is 1. The first-order valence-electron chi connectivity index (χ1n) is 8.44. The number of carbonyl (C=O) groups is 1. The molecule has 0 radical (unpaired) electrons. The third-order valence-electron chi connectivity index (χ3n) is 4.31. The van der Waals surface area contributed by atoms with E-state index in [2.05, 4.69) is 33.4 Å². The fourth-order valence-corrected chi connectivity index (χ4v) is 2.94. The van der Waals surface area contributed by atoms with Gasteiger partial charge in [0.05, 0.1) is 5.56 Å².